The van der Waals surface area contributed by atoms with Gasteiger partial charge in [-0.3, -0.25) is 9.48 Å². The summed E-state index contributed by atoms with van der Waals surface area (Å²) in [4.78, 5) is 10.7. The Labute approximate surface area is 82.5 Å². The molecule has 1 aliphatic carbocycles. The number of aliphatic carboxylic acids is 1. The van der Waals surface area contributed by atoms with E-state index >= 15 is 0 Å². The summed E-state index contributed by atoms with van der Waals surface area (Å²) >= 11 is 0. The van der Waals surface area contributed by atoms with Gasteiger partial charge in [0.2, 0.25) is 0 Å². The zero-order valence-electron chi connectivity index (χ0n) is 8.61. The fraction of sp³-hybridized carbons (Fsp3) is 0.600. The Morgan fingerprint density at radius 3 is 2.57 bits per heavy atom. The molecule has 2 rings (SSSR count). The number of hydrogen-bond donors (Lipinski definition) is 1. The molecule has 1 heterocycles. The van der Waals surface area contributed by atoms with Crippen molar-refractivity contribution in [1.82, 2.24) is 9.78 Å². The van der Waals surface area contributed by atoms with Gasteiger partial charge >= 0.3 is 5.97 Å². The number of carbonyl (C=O) groups is 1. The molecule has 0 aliphatic heterocycles. The van der Waals surface area contributed by atoms with Crippen LogP contribution in [0.3, 0.4) is 0 Å². The van der Waals surface area contributed by atoms with Crippen LogP contribution in [0, 0.1) is 19.8 Å². The molecule has 0 amide bonds. The third-order valence-corrected chi connectivity index (χ3v) is 3.04. The molecule has 0 aromatic carbocycles. The third-order valence-electron chi connectivity index (χ3n) is 3.04. The fourth-order valence-electron chi connectivity index (χ4n) is 2.11. The first-order valence-electron chi connectivity index (χ1n) is 4.75. The van der Waals surface area contributed by atoms with E-state index < -0.39 is 5.97 Å². The van der Waals surface area contributed by atoms with Crippen LogP contribution in [0.4, 0.5) is 0 Å². The second kappa shape index (κ2) is 2.83. The quantitative estimate of drug-likeness (QED) is 0.770. The number of rotatable bonds is 2. The summed E-state index contributed by atoms with van der Waals surface area (Å²) in [7, 11) is 1.89. The molecule has 1 fully saturated rings. The third kappa shape index (κ3) is 1.22. The molecule has 1 saturated carbocycles. The Balaban J connectivity index is 2.31. The maximum absolute atomic E-state index is 10.7. The standard InChI is InChI=1S/C10H14N2O2/c1-5-9(6(2)12(3)11-5)7-4-8(7)10(13)14/h7-8H,4H2,1-3H3,(H,13,14). The van der Waals surface area contributed by atoms with Crippen LogP contribution in [0.25, 0.3) is 0 Å². The predicted molar refractivity (Wildman–Crippen MR) is 51.2 cm³/mol. The zero-order chi connectivity index (χ0) is 10.5. The summed E-state index contributed by atoms with van der Waals surface area (Å²) in [6.45, 7) is 3.94. The summed E-state index contributed by atoms with van der Waals surface area (Å²) in [6.07, 6.45) is 0.767. The van der Waals surface area contributed by atoms with E-state index in [0.717, 1.165) is 23.4 Å². The van der Waals surface area contributed by atoms with E-state index in [1.54, 1.807) is 0 Å². The minimum absolute atomic E-state index is 0.184. The minimum atomic E-state index is -0.683. The van der Waals surface area contributed by atoms with Crippen molar-refractivity contribution < 1.29 is 9.90 Å². The average Bonchev–Trinajstić information content (AvgIpc) is 2.79. The van der Waals surface area contributed by atoms with Gasteiger partial charge in [0.1, 0.15) is 0 Å². The van der Waals surface area contributed by atoms with Crippen LogP contribution in [0.15, 0.2) is 0 Å². The Bertz CT molecular complexity index is 395. The summed E-state index contributed by atoms with van der Waals surface area (Å²) in [5.41, 5.74) is 3.20. The molecule has 4 heteroatoms. The van der Waals surface area contributed by atoms with Gasteiger partial charge in [0, 0.05) is 18.7 Å². The van der Waals surface area contributed by atoms with Gasteiger partial charge in [0.25, 0.3) is 0 Å². The zero-order valence-corrected chi connectivity index (χ0v) is 8.61. The first kappa shape index (κ1) is 9.24. The fourth-order valence-corrected chi connectivity index (χ4v) is 2.11. The lowest BCUT2D eigenvalue weighted by molar-refractivity contribution is -0.138. The van der Waals surface area contributed by atoms with Crippen molar-refractivity contribution in [3.8, 4) is 0 Å². The highest BCUT2D eigenvalue weighted by atomic mass is 16.4. The second-order valence-electron chi connectivity index (χ2n) is 4.00. The molecule has 1 N–H and O–H groups in total. The average molecular weight is 194 g/mol. The highest BCUT2D eigenvalue weighted by molar-refractivity contribution is 5.75. The van der Waals surface area contributed by atoms with E-state index in [9.17, 15) is 4.79 Å². The molecule has 4 nitrogen and oxygen atoms in total. The minimum Gasteiger partial charge on any atom is -0.481 e. The predicted octanol–water partition coefficient (Wildman–Crippen LogP) is 1.23. The Hall–Kier alpha value is -1.32. The molecular formula is C10H14N2O2. The first-order chi connectivity index (χ1) is 6.52. The number of carboxylic acids is 1. The van der Waals surface area contributed by atoms with Crippen LogP contribution in [0.1, 0.15) is 29.3 Å². The number of aromatic nitrogens is 2. The second-order valence-corrected chi connectivity index (χ2v) is 4.00. The molecule has 1 aromatic rings. The molecule has 1 aliphatic rings. The maximum Gasteiger partial charge on any atom is 0.307 e. The number of nitrogens with zero attached hydrogens (tertiary/aromatic N) is 2. The van der Waals surface area contributed by atoms with Gasteiger partial charge < -0.3 is 5.11 Å². The Morgan fingerprint density at radius 1 is 1.57 bits per heavy atom. The van der Waals surface area contributed by atoms with E-state index in [2.05, 4.69) is 5.10 Å². The molecule has 0 bridgehead atoms. The van der Waals surface area contributed by atoms with Crippen molar-refractivity contribution in [1.29, 1.82) is 0 Å². The topological polar surface area (TPSA) is 55.1 Å². The Kier molecular flexibility index (Phi) is 1.87. The normalized spacial score (nSPS) is 25.1. The van der Waals surface area contributed by atoms with Gasteiger partial charge in [-0.05, 0) is 25.8 Å². The summed E-state index contributed by atoms with van der Waals surface area (Å²) in [5, 5.41) is 13.1. The van der Waals surface area contributed by atoms with E-state index in [1.807, 2.05) is 25.6 Å². The number of carboxylic acid groups (broad SMARTS) is 1. The lowest BCUT2D eigenvalue weighted by Crippen LogP contribution is -2.00. The van der Waals surface area contributed by atoms with Gasteiger partial charge in [0.05, 0.1) is 11.6 Å². The van der Waals surface area contributed by atoms with Gasteiger partial charge in [-0.15, -0.1) is 0 Å². The van der Waals surface area contributed by atoms with Crippen LogP contribution in [-0.2, 0) is 11.8 Å². The first-order valence-corrected chi connectivity index (χ1v) is 4.75. The molecule has 14 heavy (non-hydrogen) atoms. The SMILES string of the molecule is Cc1nn(C)c(C)c1C1CC1C(=O)O. The highest BCUT2D eigenvalue weighted by Crippen LogP contribution is 2.49. The van der Waals surface area contributed by atoms with Crippen molar-refractivity contribution in [3.05, 3.63) is 17.0 Å². The lowest BCUT2D eigenvalue weighted by atomic mass is 10.1. The number of aryl methyl sites for hydroxylation is 2. The van der Waals surface area contributed by atoms with Crippen LogP contribution < -0.4 is 0 Å². The largest absolute Gasteiger partial charge is 0.481 e. The molecule has 76 valence electrons. The van der Waals surface area contributed by atoms with Crippen molar-refractivity contribution in [3.63, 3.8) is 0 Å². The Morgan fingerprint density at radius 2 is 2.21 bits per heavy atom. The monoisotopic (exact) mass is 194 g/mol. The van der Waals surface area contributed by atoms with Crippen molar-refractivity contribution in [2.45, 2.75) is 26.2 Å². The molecule has 0 saturated heterocycles. The van der Waals surface area contributed by atoms with E-state index in [-0.39, 0.29) is 11.8 Å². The molecule has 2 atom stereocenters. The lowest BCUT2D eigenvalue weighted by Gasteiger charge is -1.98. The van der Waals surface area contributed by atoms with E-state index in [1.165, 1.54) is 0 Å². The van der Waals surface area contributed by atoms with Crippen molar-refractivity contribution in [2.75, 3.05) is 0 Å². The highest BCUT2D eigenvalue weighted by Gasteiger charge is 2.46. The van der Waals surface area contributed by atoms with Crippen molar-refractivity contribution in [2.24, 2.45) is 13.0 Å². The van der Waals surface area contributed by atoms with Crippen LogP contribution >= 0.6 is 0 Å². The van der Waals surface area contributed by atoms with E-state index in [4.69, 9.17) is 5.11 Å². The molecular weight excluding hydrogens is 180 g/mol. The summed E-state index contributed by atoms with van der Waals surface area (Å²) in [6, 6.07) is 0. The number of hydrogen-bond acceptors (Lipinski definition) is 2. The smallest absolute Gasteiger partial charge is 0.307 e. The molecule has 0 radical (unpaired) electrons. The van der Waals surface area contributed by atoms with Crippen LogP contribution in [0.2, 0.25) is 0 Å². The van der Waals surface area contributed by atoms with Gasteiger partial charge in [-0.2, -0.15) is 5.10 Å². The van der Waals surface area contributed by atoms with Crippen molar-refractivity contribution >= 4 is 5.97 Å². The maximum atomic E-state index is 10.7. The summed E-state index contributed by atoms with van der Waals surface area (Å²) < 4.78 is 1.82. The molecule has 0 spiro atoms. The van der Waals surface area contributed by atoms with Gasteiger partial charge in [-0.25, -0.2) is 0 Å². The van der Waals surface area contributed by atoms with Gasteiger partial charge in [-0.1, -0.05) is 0 Å². The van der Waals surface area contributed by atoms with Crippen LogP contribution in [-0.4, -0.2) is 20.9 Å². The van der Waals surface area contributed by atoms with E-state index in [0.29, 0.717) is 0 Å². The summed E-state index contributed by atoms with van der Waals surface area (Å²) in [5.74, 6) is -0.671. The van der Waals surface area contributed by atoms with Gasteiger partial charge in [0.15, 0.2) is 0 Å². The van der Waals surface area contributed by atoms with Crippen LogP contribution in [0.5, 0.6) is 0 Å². The molecule has 1 aromatic heterocycles. The molecule has 2 unspecified atom stereocenters.